The van der Waals surface area contributed by atoms with E-state index in [2.05, 4.69) is 15.3 Å². The van der Waals surface area contributed by atoms with Crippen LogP contribution in [-0.2, 0) is 14.8 Å². The Morgan fingerprint density at radius 2 is 1.94 bits per heavy atom. The van der Waals surface area contributed by atoms with Gasteiger partial charge in [-0.25, -0.2) is 22.4 Å². The Morgan fingerprint density at radius 3 is 2.59 bits per heavy atom. The number of carbonyl (C=O) groups excluding carboxylic acids is 1. The minimum atomic E-state index is -3.82. The molecule has 1 aliphatic rings. The number of nitrogens with one attached hydrogen (secondary N) is 1. The monoisotopic (exact) mass is 456 g/mol. The predicted octanol–water partition coefficient (Wildman–Crippen LogP) is 1.62. The van der Waals surface area contributed by atoms with E-state index < -0.39 is 10.0 Å². The Balaban J connectivity index is 1.79. The number of piperidine rings is 1. The molecule has 0 aliphatic carbocycles. The quantitative estimate of drug-likeness (QED) is 0.602. The number of rotatable bonds is 6. The molecule has 0 unspecified atom stereocenters. The molecule has 1 N–H and O–H groups in total. The van der Waals surface area contributed by atoms with Gasteiger partial charge in [0.2, 0.25) is 5.91 Å². The topological polar surface area (TPSA) is 100 Å². The molecule has 1 aliphatic heterocycles. The molecule has 2 aromatic heterocycles. The third kappa shape index (κ3) is 4.20. The molecule has 1 saturated heterocycles. The summed E-state index contributed by atoms with van der Waals surface area (Å²) in [7, 11) is -0.378. The largest absolute Gasteiger partial charge is 0.347 e. The van der Waals surface area contributed by atoms with Crippen molar-refractivity contribution in [2.45, 2.75) is 30.7 Å². The summed E-state index contributed by atoms with van der Waals surface area (Å²) in [4.78, 5) is 25.1. The number of fused-ring (bicyclic) bond motifs is 1. The van der Waals surface area contributed by atoms with Crippen LogP contribution in [0.5, 0.6) is 0 Å². The summed E-state index contributed by atoms with van der Waals surface area (Å²) in [5, 5.41) is 3.98. The van der Waals surface area contributed by atoms with Crippen molar-refractivity contribution in [2.75, 3.05) is 38.6 Å². The second-order valence-electron chi connectivity index (χ2n) is 8.28. The number of likely N-dealkylation sites (N-methyl/N-ethyl adjacent to an activating group) is 1. The predicted molar refractivity (Wildman–Crippen MR) is 123 cm³/mol. The number of aromatic nitrogens is 3. The van der Waals surface area contributed by atoms with Gasteiger partial charge >= 0.3 is 0 Å². The van der Waals surface area contributed by atoms with E-state index in [0.29, 0.717) is 16.9 Å². The molecule has 0 spiro atoms. The van der Waals surface area contributed by atoms with Crippen LogP contribution in [0.3, 0.4) is 0 Å². The fraction of sp³-hybridized carbons (Fsp3) is 0.409. The van der Waals surface area contributed by atoms with Crippen molar-refractivity contribution >= 4 is 32.8 Å². The van der Waals surface area contributed by atoms with Crippen LogP contribution < -0.4 is 10.2 Å². The first-order chi connectivity index (χ1) is 15.3. The maximum absolute atomic E-state index is 13.3. The van der Waals surface area contributed by atoms with Crippen LogP contribution >= 0.6 is 0 Å². The van der Waals surface area contributed by atoms with Gasteiger partial charge in [0.25, 0.3) is 10.0 Å². The average molecular weight is 457 g/mol. The van der Waals surface area contributed by atoms with Crippen LogP contribution in [0.1, 0.15) is 18.4 Å². The highest BCUT2D eigenvalue weighted by atomic mass is 32.2. The van der Waals surface area contributed by atoms with E-state index in [0.717, 1.165) is 31.5 Å². The van der Waals surface area contributed by atoms with Crippen LogP contribution in [0.2, 0.25) is 0 Å². The first-order valence-corrected chi connectivity index (χ1v) is 12.0. The third-order valence-electron chi connectivity index (χ3n) is 5.79. The minimum absolute atomic E-state index is 0.0472. The van der Waals surface area contributed by atoms with Gasteiger partial charge in [0.1, 0.15) is 12.1 Å². The van der Waals surface area contributed by atoms with Crippen molar-refractivity contribution in [1.29, 1.82) is 0 Å². The van der Waals surface area contributed by atoms with Gasteiger partial charge in [-0.15, -0.1) is 0 Å². The molecule has 3 aromatic rings. The van der Waals surface area contributed by atoms with Crippen molar-refractivity contribution in [1.82, 2.24) is 24.2 Å². The molecule has 1 amide bonds. The molecule has 32 heavy (non-hydrogen) atoms. The number of aryl methyl sites for hydroxylation is 1. The van der Waals surface area contributed by atoms with Crippen molar-refractivity contribution in [2.24, 2.45) is 0 Å². The summed E-state index contributed by atoms with van der Waals surface area (Å²) >= 11 is 0. The molecule has 170 valence electrons. The van der Waals surface area contributed by atoms with Crippen molar-refractivity contribution in [3.8, 4) is 0 Å². The number of anilines is 1. The van der Waals surface area contributed by atoms with Gasteiger partial charge in [-0.1, -0.05) is 17.7 Å². The molecule has 0 saturated carbocycles. The molecular weight excluding hydrogens is 428 g/mol. The molecule has 1 fully saturated rings. The zero-order chi connectivity index (χ0) is 22.9. The second-order valence-corrected chi connectivity index (χ2v) is 10.1. The number of nitrogens with zero attached hydrogens (tertiary/aromatic N) is 5. The van der Waals surface area contributed by atoms with Crippen LogP contribution in [0.15, 0.2) is 47.8 Å². The van der Waals surface area contributed by atoms with E-state index in [9.17, 15) is 13.2 Å². The Bertz CT molecular complexity index is 1210. The number of benzene rings is 1. The molecule has 0 bridgehead atoms. The normalized spacial score (nSPS) is 16.8. The van der Waals surface area contributed by atoms with E-state index >= 15 is 0 Å². The summed E-state index contributed by atoms with van der Waals surface area (Å²) in [5.41, 5.74) is 1.27. The molecule has 1 aromatic carbocycles. The second kappa shape index (κ2) is 8.87. The molecule has 9 nitrogen and oxygen atoms in total. The highest BCUT2D eigenvalue weighted by molar-refractivity contribution is 7.90. The van der Waals surface area contributed by atoms with Gasteiger partial charge in [-0.3, -0.25) is 4.79 Å². The zero-order valence-corrected chi connectivity index (χ0v) is 19.3. The van der Waals surface area contributed by atoms with Gasteiger partial charge in [0.05, 0.1) is 16.8 Å². The molecule has 3 heterocycles. The summed E-state index contributed by atoms with van der Waals surface area (Å²) in [6, 6.07) is 8.50. The van der Waals surface area contributed by atoms with Gasteiger partial charge in [0, 0.05) is 32.9 Å². The smallest absolute Gasteiger partial charge is 0.269 e. The van der Waals surface area contributed by atoms with Crippen molar-refractivity contribution in [3.63, 3.8) is 0 Å². The van der Waals surface area contributed by atoms with Crippen LogP contribution in [0, 0.1) is 6.92 Å². The lowest BCUT2D eigenvalue weighted by atomic mass is 10.1. The first-order valence-electron chi connectivity index (χ1n) is 10.6. The fourth-order valence-electron chi connectivity index (χ4n) is 3.92. The molecule has 4 rings (SSSR count). The lowest BCUT2D eigenvalue weighted by Gasteiger charge is -2.35. The zero-order valence-electron chi connectivity index (χ0n) is 18.5. The number of carbonyl (C=O) groups is 1. The van der Waals surface area contributed by atoms with E-state index in [4.69, 9.17) is 0 Å². The summed E-state index contributed by atoms with van der Waals surface area (Å²) in [6.45, 7) is 3.73. The fourth-order valence-corrected chi connectivity index (χ4v) is 5.23. The lowest BCUT2D eigenvalue weighted by Crippen LogP contribution is -2.50. The Kier molecular flexibility index (Phi) is 6.16. The van der Waals surface area contributed by atoms with Crippen LogP contribution in [0.4, 0.5) is 5.82 Å². The summed E-state index contributed by atoms with van der Waals surface area (Å²) < 4.78 is 27.8. The van der Waals surface area contributed by atoms with E-state index in [1.807, 2.05) is 11.8 Å². The van der Waals surface area contributed by atoms with Crippen molar-refractivity contribution in [3.05, 3.63) is 48.4 Å². The minimum Gasteiger partial charge on any atom is -0.347 e. The van der Waals surface area contributed by atoms with E-state index in [-0.39, 0.29) is 23.4 Å². The van der Waals surface area contributed by atoms with Gasteiger partial charge < -0.3 is 15.1 Å². The Labute approximate surface area is 188 Å². The highest BCUT2D eigenvalue weighted by Gasteiger charge is 2.28. The van der Waals surface area contributed by atoms with Crippen LogP contribution in [-0.4, -0.2) is 72.9 Å². The van der Waals surface area contributed by atoms with E-state index in [1.54, 1.807) is 49.3 Å². The molecule has 10 heteroatoms. The average Bonchev–Trinajstić information content (AvgIpc) is 3.23. The maximum atomic E-state index is 13.3. The molecule has 1 atom stereocenters. The number of amides is 1. The lowest BCUT2D eigenvalue weighted by molar-refractivity contribution is -0.127. The first kappa shape index (κ1) is 22.2. The van der Waals surface area contributed by atoms with E-state index in [1.165, 1.54) is 16.5 Å². The van der Waals surface area contributed by atoms with Crippen LogP contribution in [0.25, 0.3) is 11.0 Å². The highest BCUT2D eigenvalue weighted by Crippen LogP contribution is 2.29. The number of hydrogen-bond acceptors (Lipinski definition) is 7. The van der Waals surface area contributed by atoms with Gasteiger partial charge in [0.15, 0.2) is 5.65 Å². The maximum Gasteiger partial charge on any atom is 0.269 e. The standard InChI is InChI=1S/C22H28N6O3S/c1-16-6-8-18(9-7-16)32(30,31)28-12-10-19-21(24-15-25-22(19)28)27(14-20(29)26(2)3)17-5-4-11-23-13-17/h6-10,12,15,17,23H,4-5,11,13-14H2,1-3H3/t17-/m1/s1. The molecule has 0 radical (unpaired) electrons. The Hall–Kier alpha value is -2.98. The SMILES string of the molecule is Cc1ccc(S(=O)(=O)n2ccc3c(N(CC(=O)N(C)C)[C@@H]4CCCNC4)ncnc32)cc1. The number of hydrogen-bond donors (Lipinski definition) is 1. The third-order valence-corrected chi connectivity index (χ3v) is 7.47. The van der Waals surface area contributed by atoms with Gasteiger partial charge in [-0.2, -0.15) is 0 Å². The summed E-state index contributed by atoms with van der Waals surface area (Å²) in [5.74, 6) is 0.519. The van der Waals surface area contributed by atoms with Gasteiger partial charge in [-0.05, 0) is 44.5 Å². The Morgan fingerprint density at radius 1 is 1.19 bits per heavy atom. The molecular formula is C22H28N6O3S. The van der Waals surface area contributed by atoms with Crippen molar-refractivity contribution < 1.29 is 13.2 Å². The summed E-state index contributed by atoms with van der Waals surface area (Å²) in [6.07, 6.45) is 4.78.